The second-order valence-corrected chi connectivity index (χ2v) is 7.29. The minimum absolute atomic E-state index is 0.0423. The molecule has 2 rings (SSSR count). The van der Waals surface area contributed by atoms with E-state index in [9.17, 15) is 19.5 Å². The Morgan fingerprint density at radius 1 is 1.20 bits per heavy atom. The van der Waals surface area contributed by atoms with Crippen molar-refractivity contribution < 1.29 is 29.8 Å². The Morgan fingerprint density at radius 2 is 1.83 bits per heavy atom. The van der Waals surface area contributed by atoms with Crippen LogP contribution in [0.25, 0.3) is 0 Å². The summed E-state index contributed by atoms with van der Waals surface area (Å²) in [5.41, 5.74) is 0.699. The number of carbonyl (C=O) groups excluding carboxylic acids is 3. The average molecular weight is 413 g/mol. The van der Waals surface area contributed by atoms with Crippen LogP contribution in [0.3, 0.4) is 0 Å². The number of aliphatic hydroxyl groups is 2. The van der Waals surface area contributed by atoms with E-state index in [1.165, 1.54) is 36.4 Å². The molecular formula is C21H23N3O6. The van der Waals surface area contributed by atoms with Crippen molar-refractivity contribution in [2.24, 2.45) is 5.92 Å². The van der Waals surface area contributed by atoms with E-state index in [4.69, 9.17) is 10.3 Å². The van der Waals surface area contributed by atoms with Gasteiger partial charge in [0.15, 0.2) is 0 Å². The highest BCUT2D eigenvalue weighted by molar-refractivity contribution is 5.97. The van der Waals surface area contributed by atoms with Crippen LogP contribution in [0.15, 0.2) is 24.3 Å². The van der Waals surface area contributed by atoms with E-state index >= 15 is 0 Å². The molecule has 0 aromatic heterocycles. The molecule has 3 amide bonds. The van der Waals surface area contributed by atoms with Crippen LogP contribution < -0.4 is 10.8 Å². The van der Waals surface area contributed by atoms with Gasteiger partial charge in [-0.3, -0.25) is 19.6 Å². The zero-order valence-corrected chi connectivity index (χ0v) is 16.6. The Kier molecular flexibility index (Phi) is 7.56. The molecule has 1 aliphatic rings. The average Bonchev–Trinajstić information content (AvgIpc) is 2.68. The maximum absolute atomic E-state index is 12.3. The van der Waals surface area contributed by atoms with E-state index < -0.39 is 30.1 Å². The van der Waals surface area contributed by atoms with Gasteiger partial charge in [-0.05, 0) is 50.0 Å². The molecule has 1 atom stereocenters. The molecule has 1 aliphatic heterocycles. The van der Waals surface area contributed by atoms with Crippen molar-refractivity contribution in [2.45, 2.75) is 25.5 Å². The highest BCUT2D eigenvalue weighted by Gasteiger charge is 2.34. The molecule has 9 nitrogen and oxygen atoms in total. The van der Waals surface area contributed by atoms with Crippen molar-refractivity contribution in [2.75, 3.05) is 19.7 Å². The van der Waals surface area contributed by atoms with Gasteiger partial charge in [-0.15, -0.1) is 0 Å². The van der Waals surface area contributed by atoms with Gasteiger partial charge in [0.25, 0.3) is 11.8 Å². The van der Waals surface area contributed by atoms with Crippen LogP contribution in [-0.4, -0.2) is 69.4 Å². The monoisotopic (exact) mass is 413 g/mol. The topological polar surface area (TPSA) is 139 Å². The van der Waals surface area contributed by atoms with Crippen LogP contribution >= 0.6 is 0 Å². The van der Waals surface area contributed by atoms with E-state index in [1.807, 2.05) is 0 Å². The molecule has 0 spiro atoms. The fourth-order valence-corrected chi connectivity index (χ4v) is 2.66. The van der Waals surface area contributed by atoms with Crippen molar-refractivity contribution in [3.05, 3.63) is 35.4 Å². The summed E-state index contributed by atoms with van der Waals surface area (Å²) in [5.74, 6) is 9.40. The Bertz CT molecular complexity index is 922. The molecule has 0 radical (unpaired) electrons. The molecule has 9 heteroatoms. The minimum Gasteiger partial charge on any atom is -0.388 e. The quantitative estimate of drug-likeness (QED) is 0.235. The maximum atomic E-state index is 12.3. The lowest BCUT2D eigenvalue weighted by Gasteiger charge is -2.35. The number of benzene rings is 1. The van der Waals surface area contributed by atoms with Crippen molar-refractivity contribution in [3.63, 3.8) is 0 Å². The number of nitrogens with zero attached hydrogens (tertiary/aromatic N) is 1. The van der Waals surface area contributed by atoms with Crippen LogP contribution in [-0.2, 0) is 9.59 Å². The zero-order chi connectivity index (χ0) is 22.3. The van der Waals surface area contributed by atoms with Crippen molar-refractivity contribution in [1.82, 2.24) is 15.7 Å². The third-order valence-corrected chi connectivity index (χ3v) is 4.42. The van der Waals surface area contributed by atoms with E-state index in [1.54, 1.807) is 12.1 Å². The fourth-order valence-electron chi connectivity index (χ4n) is 2.66. The van der Waals surface area contributed by atoms with Crippen LogP contribution in [0.5, 0.6) is 0 Å². The summed E-state index contributed by atoms with van der Waals surface area (Å²) in [7, 11) is 0. The first-order chi connectivity index (χ1) is 14.2. The van der Waals surface area contributed by atoms with Gasteiger partial charge in [0.05, 0.1) is 11.5 Å². The molecule has 158 valence electrons. The molecule has 1 heterocycles. The van der Waals surface area contributed by atoms with Crippen LogP contribution in [0.1, 0.15) is 29.8 Å². The molecule has 1 fully saturated rings. The molecule has 5 N–H and O–H groups in total. The number of carbonyl (C=O) groups is 3. The van der Waals surface area contributed by atoms with Crippen LogP contribution in [0, 0.1) is 29.6 Å². The summed E-state index contributed by atoms with van der Waals surface area (Å²) >= 11 is 0. The van der Waals surface area contributed by atoms with Gasteiger partial charge in [-0.25, -0.2) is 5.48 Å². The summed E-state index contributed by atoms with van der Waals surface area (Å²) in [6, 6.07) is 4.89. The summed E-state index contributed by atoms with van der Waals surface area (Å²) in [4.78, 5) is 36.7. The zero-order valence-electron chi connectivity index (χ0n) is 16.6. The first-order valence-corrected chi connectivity index (χ1v) is 9.13. The number of amides is 3. The minimum atomic E-state index is -1.59. The van der Waals surface area contributed by atoms with Gasteiger partial charge in [-0.2, -0.15) is 0 Å². The Hall–Kier alpha value is -3.37. The number of rotatable bonds is 5. The smallest absolute Gasteiger partial charge is 0.268 e. The summed E-state index contributed by atoms with van der Waals surface area (Å²) in [5, 5.41) is 29.9. The van der Waals surface area contributed by atoms with E-state index in [0.29, 0.717) is 18.7 Å². The Morgan fingerprint density at radius 3 is 2.37 bits per heavy atom. The fraction of sp³-hybridized carbons (Fsp3) is 0.381. The highest BCUT2D eigenvalue weighted by Crippen LogP contribution is 2.14. The first-order valence-electron chi connectivity index (χ1n) is 9.13. The molecule has 1 aromatic carbocycles. The predicted octanol–water partition coefficient (Wildman–Crippen LogP) is -1.13. The normalized spacial score (nSPS) is 14.2. The van der Waals surface area contributed by atoms with Gasteiger partial charge in [0.1, 0.15) is 12.6 Å². The molecule has 30 heavy (non-hydrogen) atoms. The molecule has 0 aliphatic carbocycles. The molecule has 1 aromatic rings. The number of hydrogen-bond donors (Lipinski definition) is 5. The summed E-state index contributed by atoms with van der Waals surface area (Å²) in [6.45, 7) is 3.13. The molecular weight excluding hydrogens is 390 g/mol. The maximum Gasteiger partial charge on any atom is 0.268 e. The number of hydroxylamine groups is 1. The lowest BCUT2D eigenvalue weighted by atomic mass is 9.97. The van der Waals surface area contributed by atoms with Crippen molar-refractivity contribution in [3.8, 4) is 23.7 Å². The number of nitrogens with one attached hydrogen (secondary N) is 2. The standard InChI is InChI=1S/C21H23N3O6/c1-21(2,29)18(20(28)23-30)22-19(27)16-9-7-14(8-10-16)5-3-4-6-15-11-24(12-15)17(26)13-25/h7-10,15,18,25,29-30H,11-13H2,1-2H3,(H,22,27)(H,23,28)/t18-/m1/s1. The summed E-state index contributed by atoms with van der Waals surface area (Å²) in [6.07, 6.45) is 0. The molecule has 0 bridgehead atoms. The molecule has 1 saturated heterocycles. The Labute approximate surface area is 174 Å². The van der Waals surface area contributed by atoms with Gasteiger partial charge in [-0.1, -0.05) is 11.8 Å². The van der Waals surface area contributed by atoms with Gasteiger partial charge in [0, 0.05) is 24.2 Å². The molecule has 0 saturated carbocycles. The van der Waals surface area contributed by atoms with Crippen LogP contribution in [0.4, 0.5) is 0 Å². The SMILES string of the molecule is CC(C)(O)[C@H](NC(=O)c1ccc(C#CC#CC2CN(C(=O)CO)C2)cc1)C(=O)NO. The van der Waals surface area contributed by atoms with Crippen molar-refractivity contribution >= 4 is 17.7 Å². The van der Waals surface area contributed by atoms with Gasteiger partial charge >= 0.3 is 0 Å². The third kappa shape index (κ3) is 6.06. The Balaban J connectivity index is 1.94. The summed E-state index contributed by atoms with van der Waals surface area (Å²) < 4.78 is 0. The second-order valence-electron chi connectivity index (χ2n) is 7.29. The lowest BCUT2D eigenvalue weighted by molar-refractivity contribution is -0.139. The van der Waals surface area contributed by atoms with Gasteiger partial charge in [0.2, 0.25) is 5.91 Å². The number of likely N-dealkylation sites (tertiary alicyclic amines) is 1. The van der Waals surface area contributed by atoms with Gasteiger partial charge < -0.3 is 20.4 Å². The first kappa shape index (κ1) is 22.9. The lowest BCUT2D eigenvalue weighted by Crippen LogP contribution is -2.57. The second kappa shape index (κ2) is 9.90. The van der Waals surface area contributed by atoms with E-state index in [-0.39, 0.29) is 17.4 Å². The van der Waals surface area contributed by atoms with Crippen LogP contribution in [0.2, 0.25) is 0 Å². The van der Waals surface area contributed by atoms with Crippen molar-refractivity contribution in [1.29, 1.82) is 0 Å². The highest BCUT2D eigenvalue weighted by atomic mass is 16.5. The number of aliphatic hydroxyl groups excluding tert-OH is 1. The van der Waals surface area contributed by atoms with E-state index in [2.05, 4.69) is 29.0 Å². The largest absolute Gasteiger partial charge is 0.388 e. The predicted molar refractivity (Wildman–Crippen MR) is 106 cm³/mol. The molecule has 0 unspecified atom stereocenters. The van der Waals surface area contributed by atoms with E-state index in [0.717, 1.165) is 0 Å². The third-order valence-electron chi connectivity index (χ3n) is 4.42. The number of hydrogen-bond acceptors (Lipinski definition) is 6.